The number of hydrogen-bond donors (Lipinski definition) is 1. The van der Waals surface area contributed by atoms with Gasteiger partial charge in [-0.25, -0.2) is 0 Å². The highest BCUT2D eigenvalue weighted by molar-refractivity contribution is 9.12. The Hall–Kier alpha value is 0.220. The summed E-state index contributed by atoms with van der Waals surface area (Å²) in [5.74, 6) is -1.56. The van der Waals surface area contributed by atoms with Gasteiger partial charge in [-0.2, -0.15) is 13.2 Å². The molecule has 0 saturated carbocycles. The zero-order valence-electron chi connectivity index (χ0n) is 5.82. The predicted molar refractivity (Wildman–Crippen MR) is 43.7 cm³/mol. The number of alkyl halides is 5. The number of hydrogen-bond acceptors (Lipinski definition) is 1. The number of carboxylic acids is 1. The number of carbonyl (C=O) groups is 1. The van der Waals surface area contributed by atoms with Crippen LogP contribution in [0.3, 0.4) is 0 Å². The van der Waals surface area contributed by atoms with E-state index in [4.69, 9.17) is 5.11 Å². The third-order valence-corrected chi connectivity index (χ3v) is 4.08. The molecule has 0 aliphatic rings. The Morgan fingerprint density at radius 1 is 1.50 bits per heavy atom. The molecule has 72 valence electrons. The summed E-state index contributed by atoms with van der Waals surface area (Å²) in [6.45, 7) is 0.751. The summed E-state index contributed by atoms with van der Waals surface area (Å²) in [5.41, 5.74) is 0. The molecule has 0 aromatic rings. The highest BCUT2D eigenvalue weighted by Crippen LogP contribution is 2.42. The topological polar surface area (TPSA) is 37.3 Å². The number of halogens is 5. The van der Waals surface area contributed by atoms with E-state index in [1.54, 1.807) is 0 Å². The molecule has 2 nitrogen and oxygen atoms in total. The first-order valence-corrected chi connectivity index (χ1v) is 4.44. The third-order valence-electron chi connectivity index (χ3n) is 1.25. The molecule has 0 bridgehead atoms. The lowest BCUT2D eigenvalue weighted by Crippen LogP contribution is -2.47. The first-order chi connectivity index (χ1) is 5.10. The van der Waals surface area contributed by atoms with Crippen LogP contribution >= 0.6 is 31.9 Å². The zero-order chi connectivity index (χ0) is 10.2. The van der Waals surface area contributed by atoms with Gasteiger partial charge in [-0.1, -0.05) is 31.9 Å². The van der Waals surface area contributed by atoms with Gasteiger partial charge >= 0.3 is 12.1 Å². The van der Waals surface area contributed by atoms with E-state index in [9.17, 15) is 18.0 Å². The summed E-state index contributed by atoms with van der Waals surface area (Å²) in [6, 6.07) is 0. The minimum Gasteiger partial charge on any atom is -0.480 e. The molecule has 0 aliphatic carbocycles. The van der Waals surface area contributed by atoms with Gasteiger partial charge in [0.25, 0.3) is 0 Å². The van der Waals surface area contributed by atoms with Gasteiger partial charge in [-0.15, -0.1) is 0 Å². The molecule has 0 aliphatic heterocycles. The molecular formula is C5H5Br2F3O2. The van der Waals surface area contributed by atoms with E-state index in [1.807, 2.05) is 0 Å². The summed E-state index contributed by atoms with van der Waals surface area (Å²) in [6.07, 6.45) is -4.61. The standard InChI is InChI=1S/C5H5Br2F3O2/c1-4(7,5(8,9)10)2(6)3(11)12/h2H,1H3,(H,11,12)/t2-,4-/m0/s1. The number of aliphatic carboxylic acids is 1. The van der Waals surface area contributed by atoms with Crippen LogP contribution in [0.1, 0.15) is 6.92 Å². The Balaban J connectivity index is 4.73. The summed E-state index contributed by atoms with van der Waals surface area (Å²) in [5, 5.41) is 8.30. The van der Waals surface area contributed by atoms with Gasteiger partial charge in [0.1, 0.15) is 9.15 Å². The second-order valence-electron chi connectivity index (χ2n) is 2.27. The highest BCUT2D eigenvalue weighted by atomic mass is 79.9. The van der Waals surface area contributed by atoms with Crippen LogP contribution in [0.5, 0.6) is 0 Å². The minimum absolute atomic E-state index is 0.751. The average Bonchev–Trinajstić information content (AvgIpc) is 1.83. The molecule has 0 fully saturated rings. The molecule has 0 radical (unpaired) electrons. The second kappa shape index (κ2) is 3.53. The first kappa shape index (κ1) is 12.2. The van der Waals surface area contributed by atoms with Gasteiger partial charge < -0.3 is 5.11 Å². The van der Waals surface area contributed by atoms with Crippen molar-refractivity contribution in [1.82, 2.24) is 0 Å². The summed E-state index contributed by atoms with van der Waals surface area (Å²) in [7, 11) is 0. The van der Waals surface area contributed by atoms with E-state index in [2.05, 4.69) is 31.9 Å². The summed E-state index contributed by atoms with van der Waals surface area (Å²) < 4.78 is 33.9. The van der Waals surface area contributed by atoms with Crippen LogP contribution in [0.15, 0.2) is 0 Å². The summed E-state index contributed by atoms with van der Waals surface area (Å²) in [4.78, 5) is 8.51. The van der Waals surface area contributed by atoms with E-state index in [0.717, 1.165) is 6.92 Å². The Bertz CT molecular complexity index is 190. The van der Waals surface area contributed by atoms with Crippen molar-refractivity contribution in [2.45, 2.75) is 22.3 Å². The maximum atomic E-state index is 12.1. The lowest BCUT2D eigenvalue weighted by Gasteiger charge is -2.27. The van der Waals surface area contributed by atoms with Crippen molar-refractivity contribution < 1.29 is 23.1 Å². The molecule has 0 aromatic heterocycles. The molecule has 7 heteroatoms. The van der Waals surface area contributed by atoms with E-state index in [0.29, 0.717) is 0 Å². The van der Waals surface area contributed by atoms with E-state index >= 15 is 0 Å². The van der Waals surface area contributed by atoms with Gasteiger partial charge in [0, 0.05) is 0 Å². The van der Waals surface area contributed by atoms with Crippen molar-refractivity contribution in [3.05, 3.63) is 0 Å². The van der Waals surface area contributed by atoms with Gasteiger partial charge in [-0.05, 0) is 6.92 Å². The lowest BCUT2D eigenvalue weighted by atomic mass is 10.1. The number of carboxylic acid groups (broad SMARTS) is 1. The van der Waals surface area contributed by atoms with Crippen LogP contribution < -0.4 is 0 Å². The van der Waals surface area contributed by atoms with Gasteiger partial charge in [0.15, 0.2) is 0 Å². The van der Waals surface area contributed by atoms with Crippen molar-refractivity contribution in [3.63, 3.8) is 0 Å². The largest absolute Gasteiger partial charge is 0.480 e. The van der Waals surface area contributed by atoms with Crippen molar-refractivity contribution in [2.24, 2.45) is 0 Å². The Labute approximate surface area is 83.4 Å². The number of rotatable bonds is 2. The van der Waals surface area contributed by atoms with Crippen molar-refractivity contribution in [2.75, 3.05) is 0 Å². The van der Waals surface area contributed by atoms with Crippen LogP contribution in [-0.2, 0) is 4.79 Å². The van der Waals surface area contributed by atoms with Crippen LogP contribution in [0.2, 0.25) is 0 Å². The fourth-order valence-corrected chi connectivity index (χ4v) is 0.831. The van der Waals surface area contributed by atoms with E-state index in [1.165, 1.54) is 0 Å². The molecule has 0 spiro atoms. The second-order valence-corrected chi connectivity index (χ2v) is 4.84. The lowest BCUT2D eigenvalue weighted by molar-refractivity contribution is -0.163. The Kier molecular flexibility index (Phi) is 3.59. The molecule has 0 saturated heterocycles. The average molecular weight is 314 g/mol. The van der Waals surface area contributed by atoms with Crippen LogP contribution in [0.4, 0.5) is 13.2 Å². The molecule has 1 N–H and O–H groups in total. The highest BCUT2D eigenvalue weighted by Gasteiger charge is 2.56. The maximum Gasteiger partial charge on any atom is 0.405 e. The monoisotopic (exact) mass is 312 g/mol. The molecule has 0 heterocycles. The molecule has 0 unspecified atom stereocenters. The molecule has 0 rings (SSSR count). The van der Waals surface area contributed by atoms with E-state index in [-0.39, 0.29) is 0 Å². The Morgan fingerprint density at radius 3 is 1.92 bits per heavy atom. The van der Waals surface area contributed by atoms with Crippen molar-refractivity contribution >= 4 is 37.8 Å². The molecule has 2 atom stereocenters. The minimum atomic E-state index is -4.61. The molecular weight excluding hydrogens is 309 g/mol. The molecule has 0 amide bonds. The van der Waals surface area contributed by atoms with Gasteiger partial charge in [-0.3, -0.25) is 4.79 Å². The quantitative estimate of drug-likeness (QED) is 0.796. The smallest absolute Gasteiger partial charge is 0.405 e. The van der Waals surface area contributed by atoms with Gasteiger partial charge in [0.2, 0.25) is 0 Å². The fourth-order valence-electron chi connectivity index (χ4n) is 0.376. The zero-order valence-corrected chi connectivity index (χ0v) is 8.99. The van der Waals surface area contributed by atoms with E-state index < -0.39 is 21.3 Å². The molecule has 0 aromatic carbocycles. The van der Waals surface area contributed by atoms with Gasteiger partial charge in [0.05, 0.1) is 0 Å². The fraction of sp³-hybridized carbons (Fsp3) is 0.800. The van der Waals surface area contributed by atoms with Crippen molar-refractivity contribution in [3.8, 4) is 0 Å². The Morgan fingerprint density at radius 2 is 1.83 bits per heavy atom. The van der Waals surface area contributed by atoms with Crippen LogP contribution in [0, 0.1) is 0 Å². The third kappa shape index (κ3) is 2.35. The predicted octanol–water partition coefficient (Wildman–Crippen LogP) is 2.55. The molecule has 12 heavy (non-hydrogen) atoms. The van der Waals surface area contributed by atoms with Crippen molar-refractivity contribution in [1.29, 1.82) is 0 Å². The first-order valence-electron chi connectivity index (χ1n) is 2.73. The normalized spacial score (nSPS) is 19.8. The summed E-state index contributed by atoms with van der Waals surface area (Å²) >= 11 is 4.75. The SMILES string of the molecule is C[C@](Br)([C@@H](Br)C(=O)O)C(F)(F)F. The van der Waals surface area contributed by atoms with Crippen LogP contribution in [-0.4, -0.2) is 26.4 Å². The maximum absolute atomic E-state index is 12.1. The van der Waals surface area contributed by atoms with Crippen LogP contribution in [0.25, 0.3) is 0 Å².